The fourth-order valence-corrected chi connectivity index (χ4v) is 1.56. The molecule has 2 N–H and O–H groups in total. The minimum Gasteiger partial charge on any atom is -0.496 e. The van der Waals surface area contributed by atoms with Crippen LogP contribution < -0.4 is 10.5 Å². The SMILES string of the molecule is COc1ccc(F)c(C)c1-c1cc(N)on1. The topological polar surface area (TPSA) is 61.3 Å². The summed E-state index contributed by atoms with van der Waals surface area (Å²) >= 11 is 0. The Morgan fingerprint density at radius 1 is 1.44 bits per heavy atom. The molecule has 4 nitrogen and oxygen atoms in total. The van der Waals surface area contributed by atoms with E-state index in [-0.39, 0.29) is 11.7 Å². The predicted molar refractivity (Wildman–Crippen MR) is 57.6 cm³/mol. The van der Waals surface area contributed by atoms with Crippen molar-refractivity contribution >= 4 is 5.88 Å². The number of hydrogen-bond donors (Lipinski definition) is 1. The molecule has 2 rings (SSSR count). The number of methoxy groups -OCH3 is 1. The minimum atomic E-state index is -0.322. The summed E-state index contributed by atoms with van der Waals surface area (Å²) in [7, 11) is 1.51. The Kier molecular flexibility index (Phi) is 2.52. The van der Waals surface area contributed by atoms with Crippen molar-refractivity contribution in [3.63, 3.8) is 0 Å². The number of nitrogens with two attached hydrogens (primary N) is 1. The van der Waals surface area contributed by atoms with Gasteiger partial charge in [0, 0.05) is 6.07 Å². The van der Waals surface area contributed by atoms with Gasteiger partial charge in [-0.05, 0) is 24.6 Å². The molecule has 1 aromatic heterocycles. The maximum atomic E-state index is 13.4. The first-order chi connectivity index (χ1) is 7.63. The van der Waals surface area contributed by atoms with Crippen LogP contribution in [0.3, 0.4) is 0 Å². The van der Waals surface area contributed by atoms with Gasteiger partial charge in [0.25, 0.3) is 0 Å². The van der Waals surface area contributed by atoms with E-state index in [1.54, 1.807) is 13.0 Å². The molecule has 0 saturated heterocycles. The average Bonchev–Trinajstić information content (AvgIpc) is 2.68. The van der Waals surface area contributed by atoms with Gasteiger partial charge in [-0.25, -0.2) is 4.39 Å². The smallest absolute Gasteiger partial charge is 0.222 e. The predicted octanol–water partition coefficient (Wildman–Crippen LogP) is 2.38. The molecule has 0 bridgehead atoms. The third-order valence-electron chi connectivity index (χ3n) is 2.37. The second-order valence-electron chi connectivity index (χ2n) is 3.36. The van der Waals surface area contributed by atoms with Gasteiger partial charge in [0.05, 0.1) is 12.7 Å². The summed E-state index contributed by atoms with van der Waals surface area (Å²) in [6.45, 7) is 1.65. The number of ether oxygens (including phenoxy) is 1. The van der Waals surface area contributed by atoms with Crippen molar-refractivity contribution in [3.05, 3.63) is 29.6 Å². The summed E-state index contributed by atoms with van der Waals surface area (Å²) < 4.78 is 23.4. The molecule has 2 aromatic rings. The number of nitrogen functional groups attached to an aromatic ring is 1. The molecule has 0 atom stereocenters. The van der Waals surface area contributed by atoms with E-state index in [2.05, 4.69) is 5.16 Å². The zero-order valence-electron chi connectivity index (χ0n) is 8.95. The Bertz CT molecular complexity index is 523. The van der Waals surface area contributed by atoms with Crippen LogP contribution in [0.25, 0.3) is 11.3 Å². The van der Waals surface area contributed by atoms with Gasteiger partial charge in [0.2, 0.25) is 5.88 Å². The standard InChI is InChI=1S/C11H11FN2O2/c1-6-7(12)3-4-9(15-2)11(6)8-5-10(13)16-14-8/h3-5H,13H2,1-2H3. The second kappa shape index (κ2) is 3.84. The van der Waals surface area contributed by atoms with Crippen LogP contribution in [0.2, 0.25) is 0 Å². The summed E-state index contributed by atoms with van der Waals surface area (Å²) in [5.41, 5.74) is 6.91. The summed E-state index contributed by atoms with van der Waals surface area (Å²) in [5, 5.41) is 3.75. The number of rotatable bonds is 2. The number of nitrogens with zero attached hydrogens (tertiary/aromatic N) is 1. The molecule has 0 spiro atoms. The Hall–Kier alpha value is -2.04. The van der Waals surface area contributed by atoms with E-state index in [1.165, 1.54) is 19.2 Å². The van der Waals surface area contributed by atoms with E-state index < -0.39 is 0 Å². The third kappa shape index (κ3) is 1.60. The number of halogens is 1. The molecule has 0 aliphatic rings. The zero-order chi connectivity index (χ0) is 11.7. The van der Waals surface area contributed by atoms with Crippen molar-refractivity contribution in [2.24, 2.45) is 0 Å². The highest BCUT2D eigenvalue weighted by molar-refractivity contribution is 5.72. The first kappa shape index (κ1) is 10.5. The maximum Gasteiger partial charge on any atom is 0.222 e. The molecule has 16 heavy (non-hydrogen) atoms. The molecular weight excluding hydrogens is 211 g/mol. The molecule has 1 aromatic carbocycles. The fourth-order valence-electron chi connectivity index (χ4n) is 1.56. The summed E-state index contributed by atoms with van der Waals surface area (Å²) in [6, 6.07) is 4.42. The van der Waals surface area contributed by atoms with E-state index in [1.807, 2.05) is 0 Å². The van der Waals surface area contributed by atoms with Crippen LogP contribution in [0.15, 0.2) is 22.7 Å². The quantitative estimate of drug-likeness (QED) is 0.847. The van der Waals surface area contributed by atoms with Crippen LogP contribution in [-0.4, -0.2) is 12.3 Å². The van der Waals surface area contributed by atoms with E-state index in [0.29, 0.717) is 22.6 Å². The Morgan fingerprint density at radius 3 is 2.75 bits per heavy atom. The van der Waals surface area contributed by atoms with E-state index in [0.717, 1.165) is 0 Å². The molecule has 0 saturated carbocycles. The summed E-state index contributed by atoms with van der Waals surface area (Å²) in [6.07, 6.45) is 0. The lowest BCUT2D eigenvalue weighted by atomic mass is 10.0. The largest absolute Gasteiger partial charge is 0.496 e. The van der Waals surface area contributed by atoms with Crippen LogP contribution in [0.4, 0.5) is 10.3 Å². The van der Waals surface area contributed by atoms with Gasteiger partial charge in [-0.15, -0.1) is 0 Å². The highest BCUT2D eigenvalue weighted by atomic mass is 19.1. The van der Waals surface area contributed by atoms with Crippen molar-refractivity contribution in [3.8, 4) is 17.0 Å². The van der Waals surface area contributed by atoms with Crippen molar-refractivity contribution in [1.29, 1.82) is 0 Å². The van der Waals surface area contributed by atoms with Gasteiger partial charge in [-0.1, -0.05) is 5.16 Å². The monoisotopic (exact) mass is 222 g/mol. The highest BCUT2D eigenvalue weighted by Gasteiger charge is 2.16. The zero-order valence-corrected chi connectivity index (χ0v) is 8.95. The number of anilines is 1. The lowest BCUT2D eigenvalue weighted by Gasteiger charge is -2.09. The molecule has 0 aliphatic heterocycles. The molecule has 0 fully saturated rings. The van der Waals surface area contributed by atoms with E-state index in [4.69, 9.17) is 15.0 Å². The van der Waals surface area contributed by atoms with Crippen molar-refractivity contribution in [2.45, 2.75) is 6.92 Å². The van der Waals surface area contributed by atoms with Gasteiger partial charge in [-0.3, -0.25) is 0 Å². The fraction of sp³-hybridized carbons (Fsp3) is 0.182. The lowest BCUT2D eigenvalue weighted by Crippen LogP contribution is -1.94. The first-order valence-electron chi connectivity index (χ1n) is 4.69. The molecule has 84 valence electrons. The molecule has 1 heterocycles. The maximum absolute atomic E-state index is 13.4. The van der Waals surface area contributed by atoms with Gasteiger partial charge in [0.15, 0.2) is 0 Å². The molecular formula is C11H11FN2O2. The number of benzene rings is 1. The van der Waals surface area contributed by atoms with Gasteiger partial charge < -0.3 is 15.0 Å². The van der Waals surface area contributed by atoms with Crippen LogP contribution in [0.5, 0.6) is 5.75 Å². The summed E-state index contributed by atoms with van der Waals surface area (Å²) in [4.78, 5) is 0. The molecule has 0 aliphatic carbocycles. The normalized spacial score (nSPS) is 10.4. The van der Waals surface area contributed by atoms with Crippen LogP contribution in [0.1, 0.15) is 5.56 Å². The summed E-state index contributed by atoms with van der Waals surface area (Å²) in [5.74, 6) is 0.394. The van der Waals surface area contributed by atoms with E-state index >= 15 is 0 Å². The Balaban J connectivity index is 2.66. The molecule has 5 heteroatoms. The first-order valence-corrected chi connectivity index (χ1v) is 4.69. The van der Waals surface area contributed by atoms with Crippen molar-refractivity contribution in [1.82, 2.24) is 5.16 Å². The molecule has 0 radical (unpaired) electrons. The van der Waals surface area contributed by atoms with Crippen LogP contribution >= 0.6 is 0 Å². The average molecular weight is 222 g/mol. The molecule has 0 unspecified atom stereocenters. The second-order valence-corrected chi connectivity index (χ2v) is 3.36. The highest BCUT2D eigenvalue weighted by Crippen LogP contribution is 2.34. The minimum absolute atomic E-state index is 0.181. The lowest BCUT2D eigenvalue weighted by molar-refractivity contribution is 0.412. The van der Waals surface area contributed by atoms with Gasteiger partial charge in [-0.2, -0.15) is 0 Å². The van der Waals surface area contributed by atoms with Crippen molar-refractivity contribution < 1.29 is 13.7 Å². The number of aromatic nitrogens is 1. The Morgan fingerprint density at radius 2 is 2.19 bits per heavy atom. The van der Waals surface area contributed by atoms with Gasteiger partial charge >= 0.3 is 0 Å². The van der Waals surface area contributed by atoms with Crippen LogP contribution in [0, 0.1) is 12.7 Å². The molecule has 0 amide bonds. The van der Waals surface area contributed by atoms with Crippen molar-refractivity contribution in [2.75, 3.05) is 12.8 Å². The third-order valence-corrected chi connectivity index (χ3v) is 2.37. The van der Waals surface area contributed by atoms with Crippen LogP contribution in [-0.2, 0) is 0 Å². The van der Waals surface area contributed by atoms with E-state index in [9.17, 15) is 4.39 Å². The Labute approximate surface area is 91.8 Å². The van der Waals surface area contributed by atoms with Gasteiger partial charge in [0.1, 0.15) is 17.3 Å². The number of hydrogen-bond acceptors (Lipinski definition) is 4.